The first kappa shape index (κ1) is 11.5. The fourth-order valence-electron chi connectivity index (χ4n) is 3.16. The zero-order valence-electron chi connectivity index (χ0n) is 9.87. The second-order valence-electron chi connectivity index (χ2n) is 5.42. The molecule has 0 saturated carbocycles. The predicted octanol–water partition coefficient (Wildman–Crippen LogP) is 4.71. The van der Waals surface area contributed by atoms with Gasteiger partial charge in [-0.15, -0.1) is 0 Å². The normalized spacial score (nSPS) is 28.6. The largest absolute Gasteiger partial charge is 0.207 e. The first-order valence-electron chi connectivity index (χ1n) is 5.85. The lowest BCUT2D eigenvalue weighted by molar-refractivity contribution is 0.385. The molecular weight excluding hydrogens is 326 g/mol. The van der Waals surface area contributed by atoms with Crippen molar-refractivity contribution in [2.24, 2.45) is 5.92 Å². The van der Waals surface area contributed by atoms with Gasteiger partial charge < -0.3 is 0 Å². The van der Waals surface area contributed by atoms with E-state index in [-0.39, 0.29) is 17.2 Å². The van der Waals surface area contributed by atoms with Crippen molar-refractivity contribution >= 4 is 22.6 Å². The summed E-state index contributed by atoms with van der Waals surface area (Å²) < 4.78 is 14.7. The third-order valence-electron chi connectivity index (χ3n) is 4.09. The Morgan fingerprint density at radius 3 is 2.82 bits per heavy atom. The van der Waals surface area contributed by atoms with E-state index in [1.165, 1.54) is 14.7 Å². The standard InChI is InChI=1S/C15H14FI/c1-15(2)13-7-9(16)3-5-11(13)12-6-4-10(17)8-14(12)15/h3-8,11,13H,1-2H3. The molecule has 1 aromatic rings. The van der Waals surface area contributed by atoms with E-state index in [1.807, 2.05) is 6.08 Å². The zero-order valence-corrected chi connectivity index (χ0v) is 12.0. The third-order valence-corrected chi connectivity index (χ3v) is 4.76. The highest BCUT2D eigenvalue weighted by molar-refractivity contribution is 14.1. The van der Waals surface area contributed by atoms with Crippen LogP contribution in [0.4, 0.5) is 4.39 Å². The third kappa shape index (κ3) is 1.60. The topological polar surface area (TPSA) is 0 Å². The molecular formula is C15H14FI. The van der Waals surface area contributed by atoms with E-state index in [2.05, 4.69) is 54.6 Å². The lowest BCUT2D eigenvalue weighted by Crippen LogP contribution is -2.25. The monoisotopic (exact) mass is 340 g/mol. The summed E-state index contributed by atoms with van der Waals surface area (Å²) in [6.07, 6.45) is 5.41. The molecule has 0 fully saturated rings. The van der Waals surface area contributed by atoms with Crippen molar-refractivity contribution in [1.29, 1.82) is 0 Å². The Morgan fingerprint density at radius 1 is 1.29 bits per heavy atom. The molecule has 0 bridgehead atoms. The predicted molar refractivity (Wildman–Crippen MR) is 76.7 cm³/mol. The number of hydrogen-bond donors (Lipinski definition) is 0. The smallest absolute Gasteiger partial charge is 0.119 e. The van der Waals surface area contributed by atoms with Crippen LogP contribution in [0.5, 0.6) is 0 Å². The van der Waals surface area contributed by atoms with Crippen LogP contribution in [0.3, 0.4) is 0 Å². The minimum absolute atomic E-state index is 0.0171. The van der Waals surface area contributed by atoms with E-state index < -0.39 is 0 Å². The minimum atomic E-state index is -0.0955. The molecule has 0 aliphatic heterocycles. The SMILES string of the molecule is CC1(C)c2cc(I)ccc2C2C=CC(F)=CC21. The van der Waals surface area contributed by atoms with Crippen molar-refractivity contribution in [2.75, 3.05) is 0 Å². The van der Waals surface area contributed by atoms with E-state index in [4.69, 9.17) is 0 Å². The number of allylic oxidation sites excluding steroid dienone is 4. The van der Waals surface area contributed by atoms with Gasteiger partial charge >= 0.3 is 0 Å². The average Bonchev–Trinajstić information content (AvgIpc) is 2.49. The molecule has 0 saturated heterocycles. The molecule has 3 rings (SSSR count). The minimum Gasteiger partial charge on any atom is -0.207 e. The van der Waals surface area contributed by atoms with Crippen molar-refractivity contribution < 1.29 is 4.39 Å². The van der Waals surface area contributed by atoms with E-state index in [0.717, 1.165) is 0 Å². The van der Waals surface area contributed by atoms with Gasteiger partial charge in [0.2, 0.25) is 0 Å². The number of benzene rings is 1. The van der Waals surface area contributed by atoms with Crippen molar-refractivity contribution in [3.8, 4) is 0 Å². The van der Waals surface area contributed by atoms with E-state index >= 15 is 0 Å². The molecule has 0 N–H and O–H groups in total. The molecule has 17 heavy (non-hydrogen) atoms. The van der Waals surface area contributed by atoms with Crippen LogP contribution in [0.25, 0.3) is 0 Å². The summed E-state index contributed by atoms with van der Waals surface area (Å²) >= 11 is 2.34. The molecule has 0 nitrogen and oxygen atoms in total. The molecule has 0 aromatic heterocycles. The maximum absolute atomic E-state index is 13.4. The van der Waals surface area contributed by atoms with Gasteiger partial charge in [0.25, 0.3) is 0 Å². The van der Waals surface area contributed by atoms with Gasteiger partial charge in [0.1, 0.15) is 5.83 Å². The highest BCUT2D eigenvalue weighted by atomic mass is 127. The molecule has 2 aliphatic carbocycles. The number of rotatable bonds is 0. The lowest BCUT2D eigenvalue weighted by atomic mass is 9.74. The number of fused-ring (bicyclic) bond motifs is 3. The molecule has 0 radical (unpaired) electrons. The molecule has 1 aromatic carbocycles. The maximum Gasteiger partial charge on any atom is 0.119 e. The van der Waals surface area contributed by atoms with E-state index in [9.17, 15) is 4.39 Å². The highest BCUT2D eigenvalue weighted by Crippen LogP contribution is 2.53. The van der Waals surface area contributed by atoms with Gasteiger partial charge in [-0.25, -0.2) is 4.39 Å². The maximum atomic E-state index is 13.4. The first-order valence-corrected chi connectivity index (χ1v) is 6.93. The van der Waals surface area contributed by atoms with Crippen LogP contribution in [0.15, 0.2) is 42.3 Å². The van der Waals surface area contributed by atoms with Gasteiger partial charge in [-0.3, -0.25) is 0 Å². The summed E-state index contributed by atoms with van der Waals surface area (Å²) in [4.78, 5) is 0. The summed E-state index contributed by atoms with van der Waals surface area (Å²) in [5, 5.41) is 0. The van der Waals surface area contributed by atoms with Gasteiger partial charge in [-0.05, 0) is 69.3 Å². The zero-order chi connectivity index (χ0) is 12.2. The van der Waals surface area contributed by atoms with Gasteiger partial charge in [0, 0.05) is 9.49 Å². The van der Waals surface area contributed by atoms with Crippen molar-refractivity contribution in [3.63, 3.8) is 0 Å². The molecule has 2 atom stereocenters. The average molecular weight is 340 g/mol. The Balaban J connectivity index is 2.21. The van der Waals surface area contributed by atoms with Crippen LogP contribution in [0, 0.1) is 9.49 Å². The summed E-state index contributed by atoms with van der Waals surface area (Å²) in [6.45, 7) is 4.44. The fourth-order valence-corrected chi connectivity index (χ4v) is 3.65. The fraction of sp³-hybridized carbons (Fsp3) is 0.333. The lowest BCUT2D eigenvalue weighted by Gasteiger charge is -2.29. The van der Waals surface area contributed by atoms with Gasteiger partial charge in [-0.1, -0.05) is 26.0 Å². The summed E-state index contributed by atoms with van der Waals surface area (Å²) in [6, 6.07) is 6.58. The van der Waals surface area contributed by atoms with E-state index in [0.29, 0.717) is 5.92 Å². The van der Waals surface area contributed by atoms with Gasteiger partial charge in [0.05, 0.1) is 0 Å². The van der Waals surface area contributed by atoms with Crippen LogP contribution in [-0.2, 0) is 5.41 Å². The highest BCUT2D eigenvalue weighted by Gasteiger charge is 2.45. The Morgan fingerprint density at radius 2 is 2.06 bits per heavy atom. The Hall–Kier alpha value is -0.640. The van der Waals surface area contributed by atoms with Crippen molar-refractivity contribution in [1.82, 2.24) is 0 Å². The molecule has 0 spiro atoms. The van der Waals surface area contributed by atoms with Crippen molar-refractivity contribution in [2.45, 2.75) is 25.2 Å². The van der Waals surface area contributed by atoms with Crippen LogP contribution in [0.1, 0.15) is 30.9 Å². The number of hydrogen-bond acceptors (Lipinski definition) is 0. The summed E-state index contributed by atoms with van der Waals surface area (Å²) in [5.41, 5.74) is 2.75. The molecule has 2 unspecified atom stereocenters. The molecule has 2 aliphatic rings. The Bertz CT molecular complexity index is 540. The van der Waals surface area contributed by atoms with Crippen LogP contribution in [-0.4, -0.2) is 0 Å². The summed E-state index contributed by atoms with van der Waals surface area (Å²) in [5.74, 6) is 0.499. The van der Waals surface area contributed by atoms with Crippen LogP contribution < -0.4 is 0 Å². The van der Waals surface area contributed by atoms with Gasteiger partial charge in [-0.2, -0.15) is 0 Å². The summed E-state index contributed by atoms with van der Waals surface area (Å²) in [7, 11) is 0. The molecule has 0 amide bonds. The number of halogens is 2. The van der Waals surface area contributed by atoms with E-state index in [1.54, 1.807) is 12.2 Å². The van der Waals surface area contributed by atoms with Crippen LogP contribution >= 0.6 is 22.6 Å². The molecule has 88 valence electrons. The second-order valence-corrected chi connectivity index (χ2v) is 6.66. The quantitative estimate of drug-likeness (QED) is 0.601. The first-order chi connectivity index (χ1) is 8.00. The van der Waals surface area contributed by atoms with Gasteiger partial charge in [0.15, 0.2) is 0 Å². The Labute approximate surface area is 115 Å². The van der Waals surface area contributed by atoms with Crippen LogP contribution in [0.2, 0.25) is 0 Å². The van der Waals surface area contributed by atoms with Crippen molar-refractivity contribution in [3.05, 3.63) is 57.0 Å². The Kier molecular flexibility index (Phi) is 2.47. The molecule has 2 heteroatoms. The second kappa shape index (κ2) is 3.67. The molecule has 0 heterocycles.